The Labute approximate surface area is 89.4 Å². The smallest absolute Gasteiger partial charge is 0.327 e. The van der Waals surface area contributed by atoms with Gasteiger partial charge in [-0.3, -0.25) is 4.68 Å². The maximum atomic E-state index is 11.2. The lowest BCUT2D eigenvalue weighted by Gasteiger charge is -2.11. The molecule has 0 aromatic carbocycles. The van der Waals surface area contributed by atoms with Gasteiger partial charge in [-0.25, -0.2) is 4.79 Å². The van der Waals surface area contributed by atoms with E-state index in [-0.39, 0.29) is 12.0 Å². The number of nitrogens with one attached hydrogen (secondary N) is 1. The fraction of sp³-hybridized carbons (Fsp3) is 0.600. The Bertz CT molecular complexity index is 346. The number of hydrogen-bond donors (Lipinski definition) is 1. The maximum absolute atomic E-state index is 11.2. The highest BCUT2D eigenvalue weighted by Gasteiger charge is 2.15. The lowest BCUT2D eigenvalue weighted by atomic mass is 10.2. The number of methoxy groups -OCH3 is 1. The Morgan fingerprint density at radius 2 is 2.40 bits per heavy atom. The third-order valence-corrected chi connectivity index (χ3v) is 2.17. The third-order valence-electron chi connectivity index (χ3n) is 2.17. The van der Waals surface area contributed by atoms with Gasteiger partial charge in [0.2, 0.25) is 0 Å². The Balaban J connectivity index is 2.75. The van der Waals surface area contributed by atoms with Crippen molar-refractivity contribution >= 4 is 11.7 Å². The number of carbonyl (C=O) groups is 1. The van der Waals surface area contributed by atoms with E-state index in [1.54, 1.807) is 11.6 Å². The van der Waals surface area contributed by atoms with E-state index in [1.807, 2.05) is 20.2 Å². The Hall–Kier alpha value is -1.52. The van der Waals surface area contributed by atoms with Crippen LogP contribution in [0.3, 0.4) is 0 Å². The summed E-state index contributed by atoms with van der Waals surface area (Å²) in [5, 5.41) is 7.34. The molecule has 0 radical (unpaired) electrons. The number of hydrogen-bond acceptors (Lipinski definition) is 4. The minimum absolute atomic E-state index is 0.277. The second kappa shape index (κ2) is 4.82. The van der Waals surface area contributed by atoms with Crippen molar-refractivity contribution in [2.45, 2.75) is 26.3 Å². The van der Waals surface area contributed by atoms with Gasteiger partial charge in [-0.1, -0.05) is 6.92 Å². The van der Waals surface area contributed by atoms with E-state index < -0.39 is 0 Å². The molecule has 1 atom stereocenters. The van der Waals surface area contributed by atoms with Crippen molar-refractivity contribution in [1.82, 2.24) is 9.78 Å². The molecule has 0 bridgehead atoms. The number of carbonyl (C=O) groups excluding carboxylic acids is 1. The zero-order chi connectivity index (χ0) is 11.4. The molecule has 0 fully saturated rings. The second-order valence-electron chi connectivity index (χ2n) is 3.41. The molecule has 5 heteroatoms. The van der Waals surface area contributed by atoms with Gasteiger partial charge in [0.1, 0.15) is 6.04 Å². The second-order valence-corrected chi connectivity index (χ2v) is 3.41. The van der Waals surface area contributed by atoms with Crippen molar-refractivity contribution in [2.24, 2.45) is 7.05 Å². The van der Waals surface area contributed by atoms with Gasteiger partial charge in [0, 0.05) is 13.2 Å². The number of ether oxygens (including phenoxy) is 1. The number of anilines is 1. The topological polar surface area (TPSA) is 56.2 Å². The molecule has 1 rings (SSSR count). The van der Waals surface area contributed by atoms with Gasteiger partial charge in [-0.15, -0.1) is 0 Å². The van der Waals surface area contributed by atoms with Crippen LogP contribution in [0.15, 0.2) is 6.20 Å². The summed E-state index contributed by atoms with van der Waals surface area (Å²) in [6.45, 7) is 3.79. The number of aryl methyl sites for hydroxylation is 2. The molecule has 1 heterocycles. The summed E-state index contributed by atoms with van der Waals surface area (Å²) in [7, 11) is 3.23. The SMILES string of the molecule is CCc1nn(C)cc1N[C@@H](C)C(=O)OC. The highest BCUT2D eigenvalue weighted by Crippen LogP contribution is 2.14. The normalized spacial score (nSPS) is 12.3. The van der Waals surface area contributed by atoms with Crippen LogP contribution < -0.4 is 5.32 Å². The maximum Gasteiger partial charge on any atom is 0.327 e. The van der Waals surface area contributed by atoms with Crippen LogP contribution >= 0.6 is 0 Å². The lowest BCUT2D eigenvalue weighted by Crippen LogP contribution is -2.27. The Morgan fingerprint density at radius 3 is 2.93 bits per heavy atom. The van der Waals surface area contributed by atoms with Crippen LogP contribution in [0.2, 0.25) is 0 Å². The van der Waals surface area contributed by atoms with E-state index in [0.29, 0.717) is 0 Å². The minimum atomic E-state index is -0.357. The standard InChI is InChI=1S/C10H17N3O2/c1-5-8-9(6-13(3)12-8)11-7(2)10(14)15-4/h6-7,11H,5H2,1-4H3/t7-/m0/s1. The van der Waals surface area contributed by atoms with Gasteiger partial charge in [-0.05, 0) is 13.3 Å². The zero-order valence-electron chi connectivity index (χ0n) is 9.57. The summed E-state index contributed by atoms with van der Waals surface area (Å²) >= 11 is 0. The van der Waals surface area contributed by atoms with Crippen molar-refractivity contribution in [3.05, 3.63) is 11.9 Å². The van der Waals surface area contributed by atoms with Gasteiger partial charge < -0.3 is 10.1 Å². The van der Waals surface area contributed by atoms with Crippen LogP contribution in [0.25, 0.3) is 0 Å². The number of rotatable bonds is 4. The summed E-state index contributed by atoms with van der Waals surface area (Å²) in [5.74, 6) is -0.277. The monoisotopic (exact) mass is 211 g/mol. The Kier molecular flexibility index (Phi) is 3.71. The molecule has 1 aromatic heterocycles. The fourth-order valence-corrected chi connectivity index (χ4v) is 1.39. The first kappa shape index (κ1) is 11.6. The molecule has 15 heavy (non-hydrogen) atoms. The van der Waals surface area contributed by atoms with Crippen molar-refractivity contribution in [2.75, 3.05) is 12.4 Å². The average molecular weight is 211 g/mol. The summed E-state index contributed by atoms with van der Waals surface area (Å²) < 4.78 is 6.36. The van der Waals surface area contributed by atoms with Crippen LogP contribution in [-0.2, 0) is 23.0 Å². The molecule has 0 aliphatic rings. The summed E-state index contributed by atoms with van der Waals surface area (Å²) in [6, 6.07) is -0.357. The zero-order valence-corrected chi connectivity index (χ0v) is 9.57. The van der Waals surface area contributed by atoms with E-state index >= 15 is 0 Å². The molecule has 0 saturated heterocycles. The molecule has 0 saturated carbocycles. The van der Waals surface area contributed by atoms with E-state index in [0.717, 1.165) is 17.8 Å². The predicted octanol–water partition coefficient (Wildman–Crippen LogP) is 0.956. The highest BCUT2D eigenvalue weighted by molar-refractivity contribution is 5.78. The van der Waals surface area contributed by atoms with Gasteiger partial charge in [0.25, 0.3) is 0 Å². The average Bonchev–Trinajstić information content (AvgIpc) is 2.57. The van der Waals surface area contributed by atoms with Gasteiger partial charge in [-0.2, -0.15) is 5.10 Å². The first-order valence-electron chi connectivity index (χ1n) is 4.95. The van der Waals surface area contributed by atoms with Crippen LogP contribution in [0.1, 0.15) is 19.5 Å². The third kappa shape index (κ3) is 2.71. The highest BCUT2D eigenvalue weighted by atomic mass is 16.5. The number of nitrogens with zero attached hydrogens (tertiary/aromatic N) is 2. The van der Waals surface area contributed by atoms with Crippen LogP contribution in [0.4, 0.5) is 5.69 Å². The largest absolute Gasteiger partial charge is 0.467 e. The quantitative estimate of drug-likeness (QED) is 0.753. The minimum Gasteiger partial charge on any atom is -0.467 e. The molecule has 0 unspecified atom stereocenters. The van der Waals surface area contributed by atoms with Crippen LogP contribution in [0, 0.1) is 0 Å². The molecule has 0 amide bonds. The lowest BCUT2D eigenvalue weighted by molar-refractivity contribution is -0.141. The van der Waals surface area contributed by atoms with Crippen molar-refractivity contribution < 1.29 is 9.53 Å². The van der Waals surface area contributed by atoms with E-state index in [9.17, 15) is 4.79 Å². The van der Waals surface area contributed by atoms with E-state index in [1.165, 1.54) is 7.11 Å². The fourth-order valence-electron chi connectivity index (χ4n) is 1.39. The number of esters is 1. The van der Waals surface area contributed by atoms with E-state index in [4.69, 9.17) is 0 Å². The van der Waals surface area contributed by atoms with E-state index in [2.05, 4.69) is 15.2 Å². The van der Waals surface area contributed by atoms with Crippen molar-refractivity contribution in [3.63, 3.8) is 0 Å². The van der Waals surface area contributed by atoms with Crippen molar-refractivity contribution in [1.29, 1.82) is 0 Å². The summed E-state index contributed by atoms with van der Waals surface area (Å²) in [6.07, 6.45) is 2.69. The molecule has 0 aliphatic carbocycles. The molecular formula is C10H17N3O2. The first-order chi connectivity index (χ1) is 7.08. The van der Waals surface area contributed by atoms with Gasteiger partial charge in [0.05, 0.1) is 18.5 Å². The van der Waals surface area contributed by atoms with Crippen molar-refractivity contribution in [3.8, 4) is 0 Å². The van der Waals surface area contributed by atoms with Crippen LogP contribution in [-0.4, -0.2) is 28.9 Å². The molecule has 1 N–H and O–H groups in total. The molecule has 0 spiro atoms. The Morgan fingerprint density at radius 1 is 1.73 bits per heavy atom. The summed E-state index contributed by atoms with van der Waals surface area (Å²) in [4.78, 5) is 11.2. The first-order valence-corrected chi connectivity index (χ1v) is 4.95. The summed E-state index contributed by atoms with van der Waals surface area (Å²) in [5.41, 5.74) is 1.84. The molecule has 0 aliphatic heterocycles. The number of aromatic nitrogens is 2. The molecule has 5 nitrogen and oxygen atoms in total. The van der Waals surface area contributed by atoms with Gasteiger partial charge in [0.15, 0.2) is 0 Å². The molecule has 1 aromatic rings. The van der Waals surface area contributed by atoms with Gasteiger partial charge >= 0.3 is 5.97 Å². The predicted molar refractivity (Wildman–Crippen MR) is 57.7 cm³/mol. The molecule has 84 valence electrons. The van der Waals surface area contributed by atoms with Crippen LogP contribution in [0.5, 0.6) is 0 Å². The molecular weight excluding hydrogens is 194 g/mol.